The summed E-state index contributed by atoms with van der Waals surface area (Å²) in [6.07, 6.45) is 0. The van der Waals surface area contributed by atoms with E-state index in [4.69, 9.17) is 24.7 Å². The fourth-order valence-electron chi connectivity index (χ4n) is 4.37. The summed E-state index contributed by atoms with van der Waals surface area (Å²) in [7, 11) is 1.55. The lowest BCUT2D eigenvalue weighted by atomic mass is 9.82. The van der Waals surface area contributed by atoms with Crippen molar-refractivity contribution < 1.29 is 28.7 Å². The monoisotopic (exact) mass is 559 g/mol. The fourth-order valence-corrected chi connectivity index (χ4v) is 4.97. The Morgan fingerprint density at radius 3 is 2.70 bits per heavy atom. The molecule has 0 spiro atoms. The predicted molar refractivity (Wildman–Crippen MR) is 143 cm³/mol. The molecular weight excluding hydrogens is 538 g/mol. The highest BCUT2D eigenvalue weighted by Crippen LogP contribution is 2.49. The van der Waals surface area contributed by atoms with Gasteiger partial charge in [0.2, 0.25) is 17.5 Å². The van der Waals surface area contributed by atoms with Gasteiger partial charge < -0.3 is 24.7 Å². The van der Waals surface area contributed by atoms with E-state index in [0.29, 0.717) is 22.6 Å². The minimum absolute atomic E-state index is 0.0174. The van der Waals surface area contributed by atoms with Gasteiger partial charge in [-0.15, -0.1) is 16.4 Å². The fraction of sp³-hybridized carbons (Fsp3) is 0.148. The molecule has 1 atom stereocenters. The zero-order valence-corrected chi connectivity index (χ0v) is 22.0. The van der Waals surface area contributed by atoms with Gasteiger partial charge >= 0.3 is 11.7 Å². The van der Waals surface area contributed by atoms with E-state index in [9.17, 15) is 20.2 Å². The third-order valence-electron chi connectivity index (χ3n) is 6.12. The van der Waals surface area contributed by atoms with Gasteiger partial charge in [0.25, 0.3) is 0 Å². The number of benzene rings is 2. The number of H-pyrrole nitrogens is 1. The largest absolute Gasteiger partial charge is 0.497 e. The maximum atomic E-state index is 12.7. The van der Waals surface area contributed by atoms with Crippen LogP contribution < -0.4 is 24.7 Å². The number of hydrogen-bond acceptors (Lipinski definition) is 11. The minimum atomic E-state index is -0.926. The van der Waals surface area contributed by atoms with Gasteiger partial charge in [-0.3, -0.25) is 15.2 Å². The van der Waals surface area contributed by atoms with Crippen LogP contribution >= 0.6 is 11.3 Å². The van der Waals surface area contributed by atoms with E-state index in [0.717, 1.165) is 11.3 Å². The number of carbonyl (C=O) groups is 1. The average molecular weight is 560 g/mol. The highest BCUT2D eigenvalue weighted by Gasteiger charge is 2.38. The Morgan fingerprint density at radius 2 is 2.08 bits per heavy atom. The molecule has 0 saturated heterocycles. The molecule has 202 valence electrons. The van der Waals surface area contributed by atoms with Crippen molar-refractivity contribution in [1.82, 2.24) is 10.2 Å². The summed E-state index contributed by atoms with van der Waals surface area (Å²) in [6, 6.07) is 15.1. The number of fused-ring (bicyclic) bond motifs is 1. The standard InChI is InChI=1S/C27H21N5O7S/c1-3-37-19-12-15(11-18(32(34)35)24(19)38-27(33)20-5-4-10-40-20)21-17(13-28)25(29)39-26-22(21)23(30-31-26)14-6-8-16(36-2)9-7-14/h4-12,21H,3,29H2,1-2H3,(H,30,31)/t21-/m0/s1. The van der Waals surface area contributed by atoms with Crippen LogP contribution in [0.5, 0.6) is 23.1 Å². The molecule has 0 amide bonds. The molecule has 2 aromatic heterocycles. The number of rotatable bonds is 8. The first-order valence-corrected chi connectivity index (χ1v) is 12.7. The lowest BCUT2D eigenvalue weighted by Crippen LogP contribution is -2.21. The molecule has 12 nitrogen and oxygen atoms in total. The van der Waals surface area contributed by atoms with Crippen LogP contribution in [0, 0.1) is 21.4 Å². The number of nitriles is 1. The van der Waals surface area contributed by atoms with Crippen LogP contribution in [0.3, 0.4) is 0 Å². The van der Waals surface area contributed by atoms with Crippen molar-refractivity contribution in [3.63, 3.8) is 0 Å². The number of ether oxygens (including phenoxy) is 4. The van der Waals surface area contributed by atoms with Crippen molar-refractivity contribution >= 4 is 23.0 Å². The number of aromatic amines is 1. The number of nitrogens with two attached hydrogens (primary N) is 1. The number of nitrogens with zero attached hydrogens (tertiary/aromatic N) is 3. The van der Waals surface area contributed by atoms with Crippen molar-refractivity contribution in [3.8, 4) is 40.5 Å². The normalized spacial score (nSPS) is 14.1. The van der Waals surface area contributed by atoms with Crippen molar-refractivity contribution in [2.24, 2.45) is 5.73 Å². The SMILES string of the molecule is CCOc1cc([C@H]2C(C#N)=C(N)Oc3n[nH]c(-c4ccc(OC)cc4)c32)cc([N+](=O)[O-])c1OC(=O)c1cccs1. The molecule has 4 aromatic rings. The van der Waals surface area contributed by atoms with E-state index in [1.165, 1.54) is 12.1 Å². The molecule has 13 heteroatoms. The summed E-state index contributed by atoms with van der Waals surface area (Å²) >= 11 is 1.13. The van der Waals surface area contributed by atoms with Gasteiger partial charge in [0, 0.05) is 11.6 Å². The molecule has 0 aliphatic carbocycles. The number of esters is 1. The molecule has 3 heterocycles. The Labute approximate surface area is 231 Å². The van der Waals surface area contributed by atoms with Crippen LogP contribution in [-0.4, -0.2) is 34.8 Å². The van der Waals surface area contributed by atoms with Crippen molar-refractivity contribution in [1.29, 1.82) is 5.26 Å². The quantitative estimate of drug-likeness (QED) is 0.131. The Hall–Kier alpha value is -5.35. The molecule has 0 fully saturated rings. The van der Waals surface area contributed by atoms with Gasteiger partial charge in [-0.05, 0) is 54.3 Å². The number of allylic oxidation sites excluding steroid dienone is 1. The number of thiophene rings is 1. The van der Waals surface area contributed by atoms with Crippen LogP contribution in [0.25, 0.3) is 11.3 Å². The molecule has 0 saturated carbocycles. The Balaban J connectivity index is 1.69. The lowest BCUT2D eigenvalue weighted by molar-refractivity contribution is -0.385. The molecule has 2 aromatic carbocycles. The van der Waals surface area contributed by atoms with Crippen LogP contribution in [-0.2, 0) is 0 Å². The van der Waals surface area contributed by atoms with Gasteiger partial charge in [-0.1, -0.05) is 6.07 Å². The van der Waals surface area contributed by atoms with Crippen molar-refractivity contribution in [2.75, 3.05) is 13.7 Å². The predicted octanol–water partition coefficient (Wildman–Crippen LogP) is 4.89. The first kappa shape index (κ1) is 26.3. The first-order chi connectivity index (χ1) is 19.4. The average Bonchev–Trinajstić information content (AvgIpc) is 3.64. The smallest absolute Gasteiger partial charge is 0.354 e. The van der Waals surface area contributed by atoms with Gasteiger partial charge in [-0.2, -0.15) is 5.26 Å². The maximum absolute atomic E-state index is 12.7. The van der Waals surface area contributed by atoms with E-state index in [1.54, 1.807) is 55.8 Å². The number of carbonyl (C=O) groups excluding carboxylic acids is 1. The lowest BCUT2D eigenvalue weighted by Gasteiger charge is -2.25. The van der Waals surface area contributed by atoms with Gasteiger partial charge in [0.05, 0.1) is 35.8 Å². The maximum Gasteiger partial charge on any atom is 0.354 e. The van der Waals surface area contributed by atoms with Crippen LogP contribution in [0.4, 0.5) is 5.69 Å². The molecule has 0 unspecified atom stereocenters. The molecule has 0 bridgehead atoms. The van der Waals surface area contributed by atoms with E-state index >= 15 is 0 Å². The van der Waals surface area contributed by atoms with E-state index in [1.807, 2.05) is 0 Å². The second kappa shape index (κ2) is 10.8. The first-order valence-electron chi connectivity index (χ1n) is 11.9. The van der Waals surface area contributed by atoms with Crippen LogP contribution in [0.15, 0.2) is 65.4 Å². The van der Waals surface area contributed by atoms with Gasteiger partial charge in [-0.25, -0.2) is 4.79 Å². The highest BCUT2D eigenvalue weighted by molar-refractivity contribution is 7.12. The third-order valence-corrected chi connectivity index (χ3v) is 6.97. The molecule has 3 N–H and O–H groups in total. The molecular formula is C27H21N5O7S. The summed E-state index contributed by atoms with van der Waals surface area (Å²) in [5.41, 5.74) is 7.52. The van der Waals surface area contributed by atoms with E-state index in [-0.39, 0.29) is 45.9 Å². The van der Waals surface area contributed by atoms with E-state index < -0.39 is 22.5 Å². The molecule has 1 aliphatic heterocycles. The number of methoxy groups -OCH3 is 1. The molecule has 0 radical (unpaired) electrons. The zero-order chi connectivity index (χ0) is 28.4. The number of nitro benzene ring substituents is 1. The summed E-state index contributed by atoms with van der Waals surface area (Å²) < 4.78 is 22.1. The topological polar surface area (TPSA) is 176 Å². The molecule has 40 heavy (non-hydrogen) atoms. The third kappa shape index (κ3) is 4.67. The summed E-state index contributed by atoms with van der Waals surface area (Å²) in [5, 5.41) is 31.2. The number of hydrogen-bond donors (Lipinski definition) is 2. The zero-order valence-electron chi connectivity index (χ0n) is 21.2. The summed E-state index contributed by atoms with van der Waals surface area (Å²) in [5.74, 6) is -1.53. The number of nitrogens with one attached hydrogen (secondary N) is 1. The minimum Gasteiger partial charge on any atom is -0.497 e. The van der Waals surface area contributed by atoms with Gasteiger partial charge in [0.1, 0.15) is 22.3 Å². The second-order valence-corrected chi connectivity index (χ2v) is 9.34. The number of aromatic nitrogens is 2. The summed E-state index contributed by atoms with van der Waals surface area (Å²) in [6.45, 7) is 1.81. The molecule has 1 aliphatic rings. The number of nitro groups is 1. The Kier molecular flexibility index (Phi) is 7.09. The highest BCUT2D eigenvalue weighted by atomic mass is 32.1. The van der Waals surface area contributed by atoms with Crippen LogP contribution in [0.1, 0.15) is 33.6 Å². The van der Waals surface area contributed by atoms with E-state index in [2.05, 4.69) is 16.3 Å². The van der Waals surface area contributed by atoms with Crippen LogP contribution in [0.2, 0.25) is 0 Å². The summed E-state index contributed by atoms with van der Waals surface area (Å²) in [4.78, 5) is 24.5. The van der Waals surface area contributed by atoms with Gasteiger partial charge in [0.15, 0.2) is 5.75 Å². The van der Waals surface area contributed by atoms with Crippen molar-refractivity contribution in [2.45, 2.75) is 12.8 Å². The second-order valence-electron chi connectivity index (χ2n) is 8.39. The Morgan fingerprint density at radius 1 is 1.30 bits per heavy atom. The van der Waals surface area contributed by atoms with Crippen molar-refractivity contribution in [3.05, 3.63) is 91.5 Å². The Bertz CT molecular complexity index is 1670. The molecule has 5 rings (SSSR count).